The van der Waals surface area contributed by atoms with Crippen LogP contribution in [0.25, 0.3) is 0 Å². The predicted molar refractivity (Wildman–Crippen MR) is 60.1 cm³/mol. The highest BCUT2D eigenvalue weighted by Crippen LogP contribution is 2.26. The Bertz CT molecular complexity index is 195. The number of methoxy groups -OCH3 is 1. The van der Waals surface area contributed by atoms with E-state index in [0.29, 0.717) is 6.10 Å². The van der Waals surface area contributed by atoms with Crippen molar-refractivity contribution >= 4 is 0 Å². The second kappa shape index (κ2) is 4.81. The van der Waals surface area contributed by atoms with Gasteiger partial charge in [0, 0.05) is 13.5 Å². The van der Waals surface area contributed by atoms with Gasteiger partial charge >= 0.3 is 0 Å². The molecule has 3 nitrogen and oxygen atoms in total. The first-order valence-electron chi connectivity index (χ1n) is 5.65. The molecule has 1 heterocycles. The van der Waals surface area contributed by atoms with E-state index >= 15 is 0 Å². The van der Waals surface area contributed by atoms with Crippen molar-refractivity contribution in [3.63, 3.8) is 0 Å². The van der Waals surface area contributed by atoms with Crippen LogP contribution in [0.5, 0.6) is 0 Å². The van der Waals surface area contributed by atoms with E-state index < -0.39 is 0 Å². The van der Waals surface area contributed by atoms with Crippen LogP contribution in [0, 0.1) is 0 Å². The minimum atomic E-state index is -0.0911. The van der Waals surface area contributed by atoms with Crippen molar-refractivity contribution in [2.45, 2.75) is 57.8 Å². The van der Waals surface area contributed by atoms with E-state index in [9.17, 15) is 0 Å². The number of rotatable bonds is 7. The molecule has 0 aromatic rings. The van der Waals surface area contributed by atoms with Crippen LogP contribution < -0.4 is 0 Å². The van der Waals surface area contributed by atoms with E-state index in [-0.39, 0.29) is 11.2 Å². The summed E-state index contributed by atoms with van der Waals surface area (Å²) >= 11 is 0. The van der Waals surface area contributed by atoms with Crippen molar-refractivity contribution < 1.29 is 14.2 Å². The summed E-state index contributed by atoms with van der Waals surface area (Å²) in [4.78, 5) is 0. The van der Waals surface area contributed by atoms with E-state index in [4.69, 9.17) is 14.2 Å². The van der Waals surface area contributed by atoms with Gasteiger partial charge in [-0.1, -0.05) is 0 Å². The first kappa shape index (κ1) is 12.9. The molecule has 0 N–H and O–H groups in total. The molecule has 1 unspecified atom stereocenters. The third kappa shape index (κ3) is 5.50. The molecule has 0 aliphatic carbocycles. The molecule has 1 saturated heterocycles. The lowest BCUT2D eigenvalue weighted by Crippen LogP contribution is -2.31. The summed E-state index contributed by atoms with van der Waals surface area (Å²) in [7, 11) is 1.74. The van der Waals surface area contributed by atoms with Crippen LogP contribution in [0.4, 0.5) is 0 Å². The Morgan fingerprint density at radius 3 is 2.27 bits per heavy atom. The van der Waals surface area contributed by atoms with Gasteiger partial charge in [-0.3, -0.25) is 0 Å². The van der Waals surface area contributed by atoms with E-state index in [2.05, 4.69) is 27.7 Å². The standard InChI is InChI=1S/C12H24O3/c1-11(2,13-5)6-7-15-12(3,4)8-10-9-14-10/h10H,6-9H2,1-5H3. The molecular formula is C12H24O3. The van der Waals surface area contributed by atoms with Gasteiger partial charge in [0.1, 0.15) is 0 Å². The molecule has 1 aliphatic rings. The third-order valence-corrected chi connectivity index (χ3v) is 2.87. The van der Waals surface area contributed by atoms with Crippen molar-refractivity contribution in [1.82, 2.24) is 0 Å². The smallest absolute Gasteiger partial charge is 0.0837 e. The SMILES string of the molecule is COC(C)(C)CCOC(C)(C)CC1CO1. The molecule has 0 spiro atoms. The molecule has 0 amide bonds. The number of epoxide rings is 1. The molecule has 15 heavy (non-hydrogen) atoms. The zero-order chi connectivity index (χ0) is 11.5. The monoisotopic (exact) mass is 216 g/mol. The topological polar surface area (TPSA) is 31.0 Å². The molecule has 0 saturated carbocycles. The van der Waals surface area contributed by atoms with Crippen LogP contribution in [0.1, 0.15) is 40.5 Å². The maximum atomic E-state index is 5.86. The van der Waals surface area contributed by atoms with E-state index in [0.717, 1.165) is 26.1 Å². The van der Waals surface area contributed by atoms with Gasteiger partial charge in [-0.25, -0.2) is 0 Å². The summed E-state index contributed by atoms with van der Waals surface area (Å²) in [5, 5.41) is 0. The van der Waals surface area contributed by atoms with Gasteiger partial charge in [0.15, 0.2) is 0 Å². The Labute approximate surface area is 93.1 Å². The fraction of sp³-hybridized carbons (Fsp3) is 1.00. The van der Waals surface area contributed by atoms with Gasteiger partial charge < -0.3 is 14.2 Å². The Hall–Kier alpha value is -0.120. The molecule has 0 radical (unpaired) electrons. The van der Waals surface area contributed by atoms with E-state index in [1.807, 2.05) is 0 Å². The van der Waals surface area contributed by atoms with Crippen LogP contribution in [-0.4, -0.2) is 37.6 Å². The van der Waals surface area contributed by atoms with Gasteiger partial charge in [-0.05, 0) is 34.1 Å². The Morgan fingerprint density at radius 2 is 1.80 bits per heavy atom. The molecule has 1 aliphatic heterocycles. The molecule has 0 aromatic carbocycles. The molecular weight excluding hydrogens is 192 g/mol. The van der Waals surface area contributed by atoms with Crippen LogP contribution in [-0.2, 0) is 14.2 Å². The Morgan fingerprint density at radius 1 is 1.20 bits per heavy atom. The minimum absolute atomic E-state index is 0.0784. The van der Waals surface area contributed by atoms with Gasteiger partial charge in [0.25, 0.3) is 0 Å². The summed E-state index contributed by atoms with van der Waals surface area (Å²) in [6.45, 7) is 10.0. The zero-order valence-corrected chi connectivity index (χ0v) is 10.6. The van der Waals surface area contributed by atoms with Crippen molar-refractivity contribution in [2.75, 3.05) is 20.3 Å². The van der Waals surface area contributed by atoms with Crippen molar-refractivity contribution in [3.8, 4) is 0 Å². The quantitative estimate of drug-likeness (QED) is 0.612. The fourth-order valence-corrected chi connectivity index (χ4v) is 1.47. The van der Waals surface area contributed by atoms with Crippen LogP contribution >= 0.6 is 0 Å². The van der Waals surface area contributed by atoms with Gasteiger partial charge in [0.2, 0.25) is 0 Å². The lowest BCUT2D eigenvalue weighted by Gasteiger charge is -2.28. The van der Waals surface area contributed by atoms with Crippen LogP contribution in [0.3, 0.4) is 0 Å². The minimum Gasteiger partial charge on any atom is -0.379 e. The van der Waals surface area contributed by atoms with Crippen molar-refractivity contribution in [2.24, 2.45) is 0 Å². The third-order valence-electron chi connectivity index (χ3n) is 2.87. The fourth-order valence-electron chi connectivity index (χ4n) is 1.47. The number of hydrogen-bond donors (Lipinski definition) is 0. The van der Waals surface area contributed by atoms with Crippen molar-refractivity contribution in [3.05, 3.63) is 0 Å². The second-order valence-electron chi connectivity index (χ2n) is 5.48. The lowest BCUT2D eigenvalue weighted by molar-refractivity contribution is -0.0633. The van der Waals surface area contributed by atoms with Gasteiger partial charge in [0.05, 0.1) is 30.5 Å². The highest BCUT2D eigenvalue weighted by atomic mass is 16.6. The average molecular weight is 216 g/mol. The summed E-state index contributed by atoms with van der Waals surface area (Å²) in [5.41, 5.74) is -0.169. The normalized spacial score (nSPS) is 21.8. The van der Waals surface area contributed by atoms with E-state index in [1.54, 1.807) is 7.11 Å². The Kier molecular flexibility index (Phi) is 4.15. The summed E-state index contributed by atoms with van der Waals surface area (Å²) in [6, 6.07) is 0. The first-order chi connectivity index (χ1) is 6.85. The second-order valence-corrected chi connectivity index (χ2v) is 5.48. The molecule has 0 bridgehead atoms. The zero-order valence-electron chi connectivity index (χ0n) is 10.6. The molecule has 1 rings (SSSR count). The van der Waals surface area contributed by atoms with Crippen molar-refractivity contribution in [1.29, 1.82) is 0 Å². The summed E-state index contributed by atoms with van der Waals surface area (Å²) < 4.78 is 16.4. The molecule has 1 atom stereocenters. The van der Waals surface area contributed by atoms with E-state index in [1.165, 1.54) is 0 Å². The molecule has 90 valence electrons. The van der Waals surface area contributed by atoms with Gasteiger partial charge in [-0.15, -0.1) is 0 Å². The number of hydrogen-bond acceptors (Lipinski definition) is 3. The largest absolute Gasteiger partial charge is 0.379 e. The Balaban J connectivity index is 2.17. The first-order valence-corrected chi connectivity index (χ1v) is 5.65. The maximum Gasteiger partial charge on any atom is 0.0837 e. The highest BCUT2D eigenvalue weighted by molar-refractivity contribution is 4.81. The summed E-state index contributed by atoms with van der Waals surface area (Å²) in [6.07, 6.45) is 2.33. The summed E-state index contributed by atoms with van der Waals surface area (Å²) in [5.74, 6) is 0. The molecule has 3 heteroatoms. The van der Waals surface area contributed by atoms with Crippen LogP contribution in [0.15, 0.2) is 0 Å². The molecule has 0 aromatic heterocycles. The number of ether oxygens (including phenoxy) is 3. The molecule has 1 fully saturated rings. The maximum absolute atomic E-state index is 5.86. The average Bonchev–Trinajstić information content (AvgIpc) is 2.86. The van der Waals surface area contributed by atoms with Gasteiger partial charge in [-0.2, -0.15) is 0 Å². The highest BCUT2D eigenvalue weighted by Gasteiger charge is 2.32. The van der Waals surface area contributed by atoms with Crippen LogP contribution in [0.2, 0.25) is 0 Å². The lowest BCUT2D eigenvalue weighted by atomic mass is 10.0. The predicted octanol–water partition coefficient (Wildman–Crippen LogP) is 2.39.